The van der Waals surface area contributed by atoms with Crippen LogP contribution in [0.2, 0.25) is 0 Å². The van der Waals surface area contributed by atoms with Gasteiger partial charge in [-0.05, 0) is 30.9 Å². The second kappa shape index (κ2) is 9.09. The molecule has 5 nitrogen and oxygen atoms in total. The number of ether oxygens (including phenoxy) is 2. The highest BCUT2D eigenvalue weighted by Crippen LogP contribution is 2.25. The standard InChI is InChI=1S/C20H33N3O2/c1-15(2)8-9-25-18-10-16(3)6-7-17(18)11-22-19(21-5)23-12-20(4)13-24-14-20/h6-7,10,15H,8-9,11-14H2,1-5H3,(H2,21,22,23). The Kier molecular flexibility index (Phi) is 7.12. The van der Waals surface area contributed by atoms with E-state index in [4.69, 9.17) is 9.47 Å². The molecule has 1 heterocycles. The third-order valence-corrected chi connectivity index (χ3v) is 4.43. The van der Waals surface area contributed by atoms with E-state index in [1.54, 1.807) is 7.05 Å². The molecule has 2 N–H and O–H groups in total. The van der Waals surface area contributed by atoms with Crippen molar-refractivity contribution in [3.63, 3.8) is 0 Å². The monoisotopic (exact) mass is 347 g/mol. The largest absolute Gasteiger partial charge is 0.493 e. The van der Waals surface area contributed by atoms with E-state index in [2.05, 4.69) is 61.5 Å². The lowest BCUT2D eigenvalue weighted by atomic mass is 9.89. The van der Waals surface area contributed by atoms with Crippen molar-refractivity contribution in [3.05, 3.63) is 29.3 Å². The minimum atomic E-state index is 0.215. The van der Waals surface area contributed by atoms with Gasteiger partial charge in [0.2, 0.25) is 0 Å². The smallest absolute Gasteiger partial charge is 0.191 e. The van der Waals surface area contributed by atoms with Crippen LogP contribution < -0.4 is 15.4 Å². The molecule has 1 aromatic carbocycles. The van der Waals surface area contributed by atoms with Crippen LogP contribution in [0.15, 0.2) is 23.2 Å². The summed E-state index contributed by atoms with van der Waals surface area (Å²) in [5.74, 6) is 2.41. The van der Waals surface area contributed by atoms with Gasteiger partial charge in [0.1, 0.15) is 5.75 Å². The summed E-state index contributed by atoms with van der Waals surface area (Å²) in [7, 11) is 1.80. The highest BCUT2D eigenvalue weighted by atomic mass is 16.5. The minimum absolute atomic E-state index is 0.215. The van der Waals surface area contributed by atoms with Crippen molar-refractivity contribution in [2.45, 2.75) is 40.7 Å². The summed E-state index contributed by atoms with van der Waals surface area (Å²) >= 11 is 0. The number of guanidine groups is 1. The van der Waals surface area contributed by atoms with Crippen LogP contribution in [0.25, 0.3) is 0 Å². The van der Waals surface area contributed by atoms with Gasteiger partial charge >= 0.3 is 0 Å². The molecule has 0 unspecified atom stereocenters. The van der Waals surface area contributed by atoms with Gasteiger partial charge in [-0.25, -0.2) is 0 Å². The first-order valence-corrected chi connectivity index (χ1v) is 9.16. The molecule has 2 rings (SSSR count). The number of rotatable bonds is 8. The quantitative estimate of drug-likeness (QED) is 0.560. The Morgan fingerprint density at radius 1 is 1.32 bits per heavy atom. The zero-order valence-electron chi connectivity index (χ0n) is 16.3. The van der Waals surface area contributed by atoms with Crippen LogP contribution >= 0.6 is 0 Å². The first-order chi connectivity index (χ1) is 11.9. The van der Waals surface area contributed by atoms with Crippen LogP contribution in [0, 0.1) is 18.3 Å². The summed E-state index contributed by atoms with van der Waals surface area (Å²) in [6, 6.07) is 6.36. The van der Waals surface area contributed by atoms with Crippen molar-refractivity contribution >= 4 is 5.96 Å². The van der Waals surface area contributed by atoms with E-state index >= 15 is 0 Å². The van der Waals surface area contributed by atoms with Crippen LogP contribution in [0.1, 0.15) is 38.3 Å². The first kappa shape index (κ1) is 19.6. The number of nitrogens with one attached hydrogen (secondary N) is 2. The lowest BCUT2D eigenvalue weighted by Crippen LogP contribution is -2.50. The van der Waals surface area contributed by atoms with Gasteiger partial charge in [0.05, 0.1) is 19.8 Å². The van der Waals surface area contributed by atoms with Crippen LogP contribution in [0.5, 0.6) is 5.75 Å². The summed E-state index contributed by atoms with van der Waals surface area (Å²) in [6.45, 7) is 12.6. The van der Waals surface area contributed by atoms with Crippen LogP contribution in [-0.2, 0) is 11.3 Å². The third kappa shape index (κ3) is 6.24. The molecule has 1 aliphatic rings. The second-order valence-corrected chi connectivity index (χ2v) is 7.72. The van der Waals surface area contributed by atoms with Gasteiger partial charge in [-0.2, -0.15) is 0 Å². The van der Waals surface area contributed by atoms with Gasteiger partial charge < -0.3 is 20.1 Å². The molecule has 0 spiro atoms. The SMILES string of the molecule is CN=C(NCc1ccc(C)cc1OCCC(C)C)NCC1(C)COC1. The van der Waals surface area contributed by atoms with Gasteiger partial charge in [0, 0.05) is 31.1 Å². The van der Waals surface area contributed by atoms with E-state index in [1.165, 1.54) is 5.56 Å². The van der Waals surface area contributed by atoms with Crippen LogP contribution in [0.4, 0.5) is 0 Å². The molecule has 0 atom stereocenters. The number of nitrogens with zero attached hydrogens (tertiary/aromatic N) is 1. The molecule has 0 radical (unpaired) electrons. The van der Waals surface area contributed by atoms with E-state index in [0.717, 1.165) is 50.1 Å². The number of hydrogen-bond donors (Lipinski definition) is 2. The van der Waals surface area contributed by atoms with E-state index in [-0.39, 0.29) is 5.41 Å². The highest BCUT2D eigenvalue weighted by molar-refractivity contribution is 5.79. The Labute approximate surface area is 152 Å². The average Bonchev–Trinajstić information content (AvgIpc) is 2.54. The molecule has 5 heteroatoms. The van der Waals surface area contributed by atoms with Crippen molar-refractivity contribution in [2.75, 3.05) is 33.4 Å². The fraction of sp³-hybridized carbons (Fsp3) is 0.650. The van der Waals surface area contributed by atoms with E-state index in [1.807, 2.05) is 0 Å². The Morgan fingerprint density at radius 3 is 2.68 bits per heavy atom. The summed E-state index contributed by atoms with van der Waals surface area (Å²) in [6.07, 6.45) is 1.06. The predicted octanol–water partition coefficient (Wildman–Crippen LogP) is 3.12. The third-order valence-electron chi connectivity index (χ3n) is 4.43. The van der Waals surface area contributed by atoms with E-state index < -0.39 is 0 Å². The van der Waals surface area contributed by atoms with Crippen LogP contribution in [0.3, 0.4) is 0 Å². The molecular weight excluding hydrogens is 314 g/mol. The molecule has 25 heavy (non-hydrogen) atoms. The van der Waals surface area contributed by atoms with Gasteiger partial charge in [-0.1, -0.05) is 32.9 Å². The van der Waals surface area contributed by atoms with Crippen molar-refractivity contribution in [2.24, 2.45) is 16.3 Å². The molecule has 1 aliphatic heterocycles. The summed E-state index contributed by atoms with van der Waals surface area (Å²) in [4.78, 5) is 4.31. The number of benzene rings is 1. The summed E-state index contributed by atoms with van der Waals surface area (Å²) in [5.41, 5.74) is 2.58. The second-order valence-electron chi connectivity index (χ2n) is 7.72. The molecule has 0 aliphatic carbocycles. The van der Waals surface area contributed by atoms with Gasteiger partial charge in [-0.3, -0.25) is 4.99 Å². The van der Waals surface area contributed by atoms with Crippen molar-refractivity contribution < 1.29 is 9.47 Å². The van der Waals surface area contributed by atoms with Crippen molar-refractivity contribution in [1.82, 2.24) is 10.6 Å². The maximum atomic E-state index is 6.02. The summed E-state index contributed by atoms with van der Waals surface area (Å²) < 4.78 is 11.3. The topological polar surface area (TPSA) is 54.9 Å². The molecule has 1 saturated heterocycles. The molecular formula is C20H33N3O2. The maximum absolute atomic E-state index is 6.02. The fourth-order valence-corrected chi connectivity index (χ4v) is 2.60. The van der Waals surface area contributed by atoms with Gasteiger partial charge in [0.15, 0.2) is 5.96 Å². The van der Waals surface area contributed by atoms with Crippen molar-refractivity contribution in [1.29, 1.82) is 0 Å². The zero-order valence-corrected chi connectivity index (χ0v) is 16.3. The normalized spacial score (nSPS) is 16.5. The molecule has 1 aromatic rings. The predicted molar refractivity (Wildman–Crippen MR) is 103 cm³/mol. The first-order valence-electron chi connectivity index (χ1n) is 9.16. The zero-order chi connectivity index (χ0) is 18.3. The number of aliphatic imine (C=N–C) groups is 1. The Morgan fingerprint density at radius 2 is 2.08 bits per heavy atom. The minimum Gasteiger partial charge on any atom is -0.493 e. The molecule has 1 fully saturated rings. The Balaban J connectivity index is 1.89. The molecule has 0 saturated carbocycles. The molecule has 0 amide bonds. The van der Waals surface area contributed by atoms with Gasteiger partial charge in [-0.15, -0.1) is 0 Å². The summed E-state index contributed by atoms with van der Waals surface area (Å²) in [5, 5.41) is 6.77. The highest BCUT2D eigenvalue weighted by Gasteiger charge is 2.33. The lowest BCUT2D eigenvalue weighted by Gasteiger charge is -2.38. The van der Waals surface area contributed by atoms with Crippen LogP contribution in [-0.4, -0.2) is 39.4 Å². The number of aryl methyl sites for hydroxylation is 1. The Hall–Kier alpha value is -1.75. The Bertz CT molecular complexity index is 580. The molecule has 140 valence electrons. The molecule has 0 aromatic heterocycles. The molecule has 0 bridgehead atoms. The van der Waals surface area contributed by atoms with E-state index in [0.29, 0.717) is 12.5 Å². The van der Waals surface area contributed by atoms with Crippen molar-refractivity contribution in [3.8, 4) is 5.75 Å². The van der Waals surface area contributed by atoms with E-state index in [9.17, 15) is 0 Å². The van der Waals surface area contributed by atoms with Gasteiger partial charge in [0.25, 0.3) is 0 Å². The maximum Gasteiger partial charge on any atom is 0.191 e. The average molecular weight is 348 g/mol. The lowest BCUT2D eigenvalue weighted by molar-refractivity contribution is -0.0971. The fourth-order valence-electron chi connectivity index (χ4n) is 2.60. The number of hydrogen-bond acceptors (Lipinski definition) is 3.